The van der Waals surface area contributed by atoms with Crippen LogP contribution in [0.5, 0.6) is 0 Å². The first-order valence-electron chi connectivity index (χ1n) is 9.28. The van der Waals surface area contributed by atoms with Gasteiger partial charge < -0.3 is 16.0 Å². The van der Waals surface area contributed by atoms with E-state index in [1.165, 1.54) is 22.0 Å². The van der Waals surface area contributed by atoms with E-state index in [1.807, 2.05) is 37.3 Å². The average Bonchev–Trinajstić information content (AvgIpc) is 3.10. The van der Waals surface area contributed by atoms with Crippen LogP contribution in [0.3, 0.4) is 0 Å². The Morgan fingerprint density at radius 3 is 2.62 bits per heavy atom. The fourth-order valence-electron chi connectivity index (χ4n) is 3.39. The molecule has 2 aromatic carbocycles. The molecule has 1 amide bonds. The molecule has 2 atom stereocenters. The van der Waals surface area contributed by atoms with Gasteiger partial charge in [-0.3, -0.25) is 4.79 Å². The molecule has 0 fully saturated rings. The molecule has 1 aromatic heterocycles. The lowest BCUT2D eigenvalue weighted by molar-refractivity contribution is -0.125. The number of benzene rings is 2. The molecule has 1 heterocycles. The maximum absolute atomic E-state index is 12.5. The molecule has 2 unspecified atom stereocenters. The molecule has 3 aromatic rings. The third kappa shape index (κ3) is 3.81. The number of nitrogens with one attached hydrogen (secondary N) is 2. The fourth-order valence-corrected chi connectivity index (χ4v) is 3.39. The second-order valence-corrected chi connectivity index (χ2v) is 6.77. The Labute approximate surface area is 154 Å². The predicted octanol–water partition coefficient (Wildman–Crippen LogP) is 3.73. The minimum Gasteiger partial charge on any atom is -0.361 e. The van der Waals surface area contributed by atoms with Gasteiger partial charge in [0, 0.05) is 29.7 Å². The third-order valence-corrected chi connectivity index (χ3v) is 5.10. The number of carbonyl (C=O) groups is 1. The molecule has 0 spiro atoms. The topological polar surface area (TPSA) is 70.9 Å². The third-order valence-electron chi connectivity index (χ3n) is 5.10. The van der Waals surface area contributed by atoms with Crippen molar-refractivity contribution in [2.24, 2.45) is 11.7 Å². The number of nitrogens with two attached hydrogens (primary N) is 1. The average molecular weight is 349 g/mol. The summed E-state index contributed by atoms with van der Waals surface area (Å²) in [6.07, 6.45) is 3.85. The van der Waals surface area contributed by atoms with Crippen LogP contribution >= 0.6 is 0 Å². The zero-order valence-corrected chi connectivity index (χ0v) is 15.5. The van der Waals surface area contributed by atoms with E-state index in [-0.39, 0.29) is 17.9 Å². The number of hydrogen-bond acceptors (Lipinski definition) is 2. The second-order valence-electron chi connectivity index (χ2n) is 6.77. The molecule has 3 rings (SSSR count). The summed E-state index contributed by atoms with van der Waals surface area (Å²) in [5.74, 6) is -0.275. The van der Waals surface area contributed by atoms with Gasteiger partial charge in [-0.15, -0.1) is 0 Å². The van der Waals surface area contributed by atoms with Crippen molar-refractivity contribution in [3.63, 3.8) is 0 Å². The number of aryl methyl sites for hydroxylation is 1. The van der Waals surface area contributed by atoms with Gasteiger partial charge in [0.05, 0.1) is 5.92 Å². The number of hydrogen-bond donors (Lipinski definition) is 3. The molecule has 0 saturated heterocycles. The Hall–Kier alpha value is -2.59. The summed E-state index contributed by atoms with van der Waals surface area (Å²) in [5.41, 5.74) is 11.0. The Kier molecular flexibility index (Phi) is 5.74. The Morgan fingerprint density at radius 1 is 1.12 bits per heavy atom. The number of aromatic amines is 1. The lowest BCUT2D eigenvalue weighted by Crippen LogP contribution is -2.36. The minimum atomic E-state index is -0.295. The van der Waals surface area contributed by atoms with Crippen LogP contribution in [0.4, 0.5) is 0 Å². The quantitative estimate of drug-likeness (QED) is 0.608. The van der Waals surface area contributed by atoms with E-state index in [9.17, 15) is 4.79 Å². The van der Waals surface area contributed by atoms with Crippen LogP contribution in [-0.2, 0) is 17.6 Å². The lowest BCUT2D eigenvalue weighted by Gasteiger charge is -2.19. The summed E-state index contributed by atoms with van der Waals surface area (Å²) in [5, 5.41) is 4.28. The van der Waals surface area contributed by atoms with Crippen LogP contribution < -0.4 is 11.1 Å². The summed E-state index contributed by atoms with van der Waals surface area (Å²) in [4.78, 5) is 15.8. The van der Waals surface area contributed by atoms with E-state index in [2.05, 4.69) is 41.6 Å². The van der Waals surface area contributed by atoms with Gasteiger partial charge in [-0.05, 0) is 29.5 Å². The van der Waals surface area contributed by atoms with Gasteiger partial charge in [0.25, 0.3) is 0 Å². The van der Waals surface area contributed by atoms with Crippen molar-refractivity contribution in [3.05, 3.63) is 71.4 Å². The van der Waals surface area contributed by atoms with Crippen molar-refractivity contribution in [2.45, 2.75) is 32.7 Å². The molecular formula is C22H27N3O. The molecule has 4 nitrogen and oxygen atoms in total. The van der Waals surface area contributed by atoms with Gasteiger partial charge in [0.1, 0.15) is 0 Å². The van der Waals surface area contributed by atoms with Gasteiger partial charge >= 0.3 is 0 Å². The maximum Gasteiger partial charge on any atom is 0.224 e. The van der Waals surface area contributed by atoms with Crippen LogP contribution in [-0.4, -0.2) is 17.4 Å². The molecule has 0 saturated carbocycles. The Bertz CT molecular complexity index is 869. The zero-order chi connectivity index (χ0) is 18.5. The molecule has 0 aliphatic rings. The maximum atomic E-state index is 12.5. The van der Waals surface area contributed by atoms with Crippen molar-refractivity contribution in [3.8, 4) is 0 Å². The standard InChI is InChI=1S/C22H27N3O/c1-3-16-10-7-11-19-18(14-25-21(16)19)12-13-24-22(26)15(2)20(23)17-8-5-4-6-9-17/h4-11,14-15,20,25H,3,12-13,23H2,1-2H3,(H,24,26). The highest BCUT2D eigenvalue weighted by Gasteiger charge is 2.21. The van der Waals surface area contributed by atoms with Crippen molar-refractivity contribution >= 4 is 16.8 Å². The van der Waals surface area contributed by atoms with Crippen molar-refractivity contribution in [2.75, 3.05) is 6.54 Å². The smallest absolute Gasteiger partial charge is 0.224 e. The number of para-hydroxylation sites is 1. The number of rotatable bonds is 7. The van der Waals surface area contributed by atoms with Crippen molar-refractivity contribution < 1.29 is 4.79 Å². The molecule has 0 radical (unpaired) electrons. The molecule has 136 valence electrons. The Balaban J connectivity index is 1.59. The summed E-state index contributed by atoms with van der Waals surface area (Å²) in [6.45, 7) is 4.65. The molecule has 0 aliphatic heterocycles. The van der Waals surface area contributed by atoms with E-state index < -0.39 is 0 Å². The molecule has 0 aliphatic carbocycles. The van der Waals surface area contributed by atoms with E-state index in [1.54, 1.807) is 0 Å². The van der Waals surface area contributed by atoms with Gasteiger partial charge in [-0.25, -0.2) is 0 Å². The summed E-state index contributed by atoms with van der Waals surface area (Å²) >= 11 is 0. The summed E-state index contributed by atoms with van der Waals surface area (Å²) in [7, 11) is 0. The van der Waals surface area contributed by atoms with E-state index in [0.717, 1.165) is 18.4 Å². The highest BCUT2D eigenvalue weighted by atomic mass is 16.1. The SMILES string of the molecule is CCc1cccc2c(CCNC(=O)C(C)C(N)c3ccccc3)c[nH]c12. The number of carbonyl (C=O) groups excluding carboxylic acids is 1. The highest BCUT2D eigenvalue weighted by Crippen LogP contribution is 2.23. The Morgan fingerprint density at radius 2 is 1.88 bits per heavy atom. The largest absolute Gasteiger partial charge is 0.361 e. The predicted molar refractivity (Wildman–Crippen MR) is 107 cm³/mol. The molecule has 4 N–H and O–H groups in total. The first kappa shape index (κ1) is 18.2. The number of H-pyrrole nitrogens is 1. The zero-order valence-electron chi connectivity index (χ0n) is 15.5. The summed E-state index contributed by atoms with van der Waals surface area (Å²) < 4.78 is 0. The van der Waals surface area contributed by atoms with Gasteiger partial charge in [-0.2, -0.15) is 0 Å². The van der Waals surface area contributed by atoms with Crippen molar-refractivity contribution in [1.29, 1.82) is 0 Å². The van der Waals surface area contributed by atoms with Gasteiger partial charge in [-0.1, -0.05) is 62.4 Å². The van der Waals surface area contributed by atoms with E-state index in [4.69, 9.17) is 5.73 Å². The van der Waals surface area contributed by atoms with Crippen LogP contribution in [0.2, 0.25) is 0 Å². The second kappa shape index (κ2) is 8.19. The number of fused-ring (bicyclic) bond motifs is 1. The van der Waals surface area contributed by atoms with Crippen LogP contribution in [0.1, 0.15) is 36.6 Å². The number of aromatic nitrogens is 1. The lowest BCUT2D eigenvalue weighted by atomic mass is 9.94. The fraction of sp³-hybridized carbons (Fsp3) is 0.318. The molecule has 0 bridgehead atoms. The van der Waals surface area contributed by atoms with Gasteiger partial charge in [0.2, 0.25) is 5.91 Å². The van der Waals surface area contributed by atoms with E-state index in [0.29, 0.717) is 6.54 Å². The monoisotopic (exact) mass is 349 g/mol. The summed E-state index contributed by atoms with van der Waals surface area (Å²) in [6, 6.07) is 15.9. The van der Waals surface area contributed by atoms with Gasteiger partial charge in [0.15, 0.2) is 0 Å². The molecule has 26 heavy (non-hydrogen) atoms. The van der Waals surface area contributed by atoms with Crippen molar-refractivity contribution in [1.82, 2.24) is 10.3 Å². The normalized spacial score (nSPS) is 13.5. The van der Waals surface area contributed by atoms with Crippen LogP contribution in [0.25, 0.3) is 10.9 Å². The molecule has 4 heteroatoms. The highest BCUT2D eigenvalue weighted by molar-refractivity contribution is 5.86. The van der Waals surface area contributed by atoms with E-state index >= 15 is 0 Å². The minimum absolute atomic E-state index is 0.00422. The number of amides is 1. The molecular weight excluding hydrogens is 322 g/mol. The van der Waals surface area contributed by atoms with Crippen LogP contribution in [0.15, 0.2) is 54.7 Å². The first-order chi connectivity index (χ1) is 12.6. The first-order valence-corrected chi connectivity index (χ1v) is 9.28. The van der Waals surface area contributed by atoms with Crippen LogP contribution in [0, 0.1) is 5.92 Å².